The van der Waals surface area contributed by atoms with E-state index >= 15 is 0 Å². The Morgan fingerprint density at radius 3 is 3.00 bits per heavy atom. The van der Waals surface area contributed by atoms with E-state index in [1.54, 1.807) is 5.09 Å². The van der Waals surface area contributed by atoms with Gasteiger partial charge in [0.2, 0.25) is 0 Å². The van der Waals surface area contributed by atoms with E-state index in [9.17, 15) is 4.57 Å². The summed E-state index contributed by atoms with van der Waals surface area (Å²) < 4.78 is 78.7. The van der Waals surface area contributed by atoms with Crippen molar-refractivity contribution >= 4 is 30.9 Å². The van der Waals surface area contributed by atoms with Crippen molar-refractivity contribution in [1.29, 1.82) is 0 Å². The molecule has 0 amide bonds. The predicted molar refractivity (Wildman–Crippen MR) is 59.2 cm³/mol. The Kier molecular flexibility index (Phi) is 2.41. The predicted octanol–water partition coefficient (Wildman–Crippen LogP) is 1.88. The van der Waals surface area contributed by atoms with Gasteiger partial charge in [0.1, 0.15) is 0 Å². The summed E-state index contributed by atoms with van der Waals surface area (Å²) >= 11 is 11.0. The summed E-state index contributed by atoms with van der Waals surface area (Å²) in [6.45, 7) is -9.20. The molecule has 0 aromatic carbocycles. The molecule has 0 spiro atoms. The van der Waals surface area contributed by atoms with Crippen LogP contribution in [0.4, 0.5) is 0 Å². The molecule has 14 heavy (non-hydrogen) atoms. The first-order chi connectivity index (χ1) is 9.67. The molecule has 1 unspecified atom stereocenters. The van der Waals surface area contributed by atoms with Gasteiger partial charge in [-0.05, 0) is 6.37 Å². The van der Waals surface area contributed by atoms with Gasteiger partial charge < -0.3 is 4.52 Å². The van der Waals surface area contributed by atoms with Crippen molar-refractivity contribution in [2.75, 3.05) is 37.9 Å². The average molecular weight is 269 g/mol. The van der Waals surface area contributed by atoms with Crippen LogP contribution in [-0.2, 0) is 9.09 Å². The van der Waals surface area contributed by atoms with Crippen LogP contribution in [0.15, 0.2) is 0 Å². The SMILES string of the molecule is [2H]C([2H])(CCl)N(CCCl)P1(=O)NC([2H])([2H])C([2H])([2H])C([2H])([2H])O1. The standard InChI is InChI=1S/C7H15Cl2N2O2P/c8-2-5-11(6-3-9)14(12)10-4-1-7-13-14/h1-7H2,(H,10,12)/i1D2,4D2,5D2,7D2. The fraction of sp³-hybridized carbons (Fsp3) is 1.00. The molecule has 1 aliphatic rings. The lowest BCUT2D eigenvalue weighted by atomic mass is 10.5. The van der Waals surface area contributed by atoms with E-state index in [4.69, 9.17) is 34.2 Å². The third kappa shape index (κ3) is 3.37. The molecule has 0 aromatic heterocycles. The molecule has 1 saturated heterocycles. The molecule has 0 radical (unpaired) electrons. The van der Waals surface area contributed by atoms with Gasteiger partial charge in [-0.2, -0.15) is 0 Å². The molecule has 1 rings (SSSR count). The number of alkyl halides is 2. The van der Waals surface area contributed by atoms with Gasteiger partial charge in [0.05, 0.1) is 9.30 Å². The number of halogens is 2. The Balaban J connectivity index is 3.36. The van der Waals surface area contributed by atoms with Crippen LogP contribution >= 0.6 is 30.9 Å². The largest absolute Gasteiger partial charge is 0.343 e. The van der Waals surface area contributed by atoms with Crippen molar-refractivity contribution in [3.05, 3.63) is 0 Å². The van der Waals surface area contributed by atoms with Gasteiger partial charge in [-0.15, -0.1) is 23.2 Å². The molecule has 0 aliphatic carbocycles. The lowest BCUT2D eigenvalue weighted by molar-refractivity contribution is 0.233. The monoisotopic (exact) mass is 268 g/mol. The fourth-order valence-corrected chi connectivity index (χ4v) is 2.56. The van der Waals surface area contributed by atoms with Crippen LogP contribution in [0.25, 0.3) is 0 Å². The molecule has 0 saturated carbocycles. The Labute approximate surface area is 106 Å². The number of hydrogen-bond donors (Lipinski definition) is 1. The number of rotatable bonds is 5. The van der Waals surface area contributed by atoms with Crippen molar-refractivity contribution in [1.82, 2.24) is 9.76 Å². The Morgan fingerprint density at radius 1 is 1.64 bits per heavy atom. The van der Waals surface area contributed by atoms with E-state index in [0.29, 0.717) is 4.67 Å². The van der Waals surface area contributed by atoms with Crippen molar-refractivity contribution in [2.24, 2.45) is 0 Å². The van der Waals surface area contributed by atoms with Crippen molar-refractivity contribution < 1.29 is 20.1 Å². The molecular weight excluding hydrogens is 246 g/mol. The Bertz CT molecular complexity index is 455. The zero-order valence-electron chi connectivity index (χ0n) is 15.1. The molecule has 1 N–H and O–H groups in total. The smallest absolute Gasteiger partial charge is 0.306 e. The molecular formula is C7H15Cl2N2O2P. The number of hydrogen-bond acceptors (Lipinski definition) is 2. The Morgan fingerprint density at radius 2 is 2.43 bits per heavy atom. The van der Waals surface area contributed by atoms with Gasteiger partial charge in [-0.1, -0.05) is 0 Å². The second-order valence-corrected chi connectivity index (χ2v) is 4.75. The minimum Gasteiger partial charge on any atom is -0.306 e. The molecule has 1 atom stereocenters. The highest BCUT2D eigenvalue weighted by atomic mass is 35.5. The van der Waals surface area contributed by atoms with Crippen molar-refractivity contribution in [3.8, 4) is 0 Å². The van der Waals surface area contributed by atoms with E-state index in [1.165, 1.54) is 0 Å². The van der Waals surface area contributed by atoms with Crippen LogP contribution in [0.5, 0.6) is 0 Å². The van der Waals surface area contributed by atoms with Crippen LogP contribution < -0.4 is 5.09 Å². The first kappa shape index (κ1) is 5.35. The first-order valence-electron chi connectivity index (χ1n) is 7.67. The zero-order valence-corrected chi connectivity index (χ0v) is 9.49. The number of nitrogens with zero attached hydrogens (tertiary/aromatic N) is 1. The highest BCUT2D eigenvalue weighted by Gasteiger charge is 2.32. The first-order valence-corrected chi connectivity index (χ1v) is 6.32. The van der Waals surface area contributed by atoms with E-state index < -0.39 is 39.5 Å². The summed E-state index contributed by atoms with van der Waals surface area (Å²) in [5, 5.41) is 1.76. The summed E-state index contributed by atoms with van der Waals surface area (Å²) in [6.07, 6.45) is -3.17. The second-order valence-electron chi connectivity index (χ2n) is 2.18. The molecule has 1 heterocycles. The minimum atomic E-state index is -4.65. The van der Waals surface area contributed by atoms with Crippen LogP contribution in [0.2, 0.25) is 0 Å². The lowest BCUT2D eigenvalue weighted by Gasteiger charge is -2.33. The topological polar surface area (TPSA) is 41.6 Å². The molecule has 1 fully saturated rings. The van der Waals surface area contributed by atoms with Gasteiger partial charge in [0.15, 0.2) is 0 Å². The maximum atomic E-state index is 12.8. The quantitative estimate of drug-likeness (QED) is 0.611. The summed E-state index contributed by atoms with van der Waals surface area (Å²) in [7, 11) is -4.65. The van der Waals surface area contributed by atoms with Gasteiger partial charge in [-0.3, -0.25) is 4.57 Å². The third-order valence-corrected chi connectivity index (χ3v) is 3.34. The molecule has 7 heteroatoms. The van der Waals surface area contributed by atoms with E-state index in [2.05, 4.69) is 4.52 Å². The van der Waals surface area contributed by atoms with Gasteiger partial charge in [0, 0.05) is 39.5 Å². The van der Waals surface area contributed by atoms with E-state index in [1.807, 2.05) is 0 Å². The summed E-state index contributed by atoms with van der Waals surface area (Å²) in [6, 6.07) is 0. The summed E-state index contributed by atoms with van der Waals surface area (Å²) in [4.78, 5) is 0. The molecule has 84 valence electrons. The van der Waals surface area contributed by atoms with E-state index in [0.717, 1.165) is 0 Å². The summed E-state index contributed by atoms with van der Waals surface area (Å²) in [5.74, 6) is -0.887. The summed E-state index contributed by atoms with van der Waals surface area (Å²) in [5.41, 5.74) is 0. The van der Waals surface area contributed by atoms with Gasteiger partial charge >= 0.3 is 7.67 Å². The normalized spacial score (nSPS) is 48.5. The zero-order chi connectivity index (χ0) is 17.6. The van der Waals surface area contributed by atoms with Gasteiger partial charge in [0.25, 0.3) is 0 Å². The van der Waals surface area contributed by atoms with Crippen LogP contribution in [-0.4, -0.2) is 42.5 Å². The average Bonchev–Trinajstić information content (AvgIpc) is 2.32. The Hall–Kier alpha value is 0.690. The lowest BCUT2D eigenvalue weighted by Crippen LogP contribution is -2.35. The van der Waals surface area contributed by atoms with Crippen LogP contribution in [0.3, 0.4) is 0 Å². The maximum Gasteiger partial charge on any atom is 0.343 e. The minimum absolute atomic E-state index is 0.218. The van der Waals surface area contributed by atoms with Crippen molar-refractivity contribution in [3.63, 3.8) is 0 Å². The highest BCUT2D eigenvalue weighted by molar-refractivity contribution is 7.54. The molecule has 0 aromatic rings. The van der Waals surface area contributed by atoms with E-state index in [-0.39, 0.29) is 12.4 Å². The maximum absolute atomic E-state index is 12.8. The second kappa shape index (κ2) is 6.31. The van der Waals surface area contributed by atoms with Gasteiger partial charge in [-0.25, -0.2) is 9.76 Å². The third-order valence-electron chi connectivity index (χ3n) is 1.34. The van der Waals surface area contributed by atoms with Crippen LogP contribution in [0.1, 0.15) is 17.3 Å². The number of nitrogens with one attached hydrogen (secondary N) is 1. The fourth-order valence-electron chi connectivity index (χ4n) is 0.794. The molecule has 0 bridgehead atoms. The molecule has 1 aliphatic heterocycles. The van der Waals surface area contributed by atoms with Crippen molar-refractivity contribution in [2.45, 2.75) is 6.37 Å². The van der Waals surface area contributed by atoms with Crippen LogP contribution in [0, 0.1) is 0 Å². The highest BCUT2D eigenvalue weighted by Crippen LogP contribution is 2.47. The molecule has 4 nitrogen and oxygen atoms in total.